The van der Waals surface area contributed by atoms with Gasteiger partial charge < -0.3 is 13.8 Å². The molecular formula is C43H49N9O5S. The third-order valence-electron chi connectivity index (χ3n) is 10.2. The molecule has 0 spiro atoms. The first-order valence-electron chi connectivity index (χ1n) is 19.5. The SMILES string of the molecule is CCCCCCCCOc1ccc(C)cc1OS(=O)Nc1cc(-c2nc3n(n2)C(N(C(C)=O)c2ccc(N(C=O)CC)cc2)(n2ccnc2)C(C)=C3C#N)ccc1C. The summed E-state index contributed by atoms with van der Waals surface area (Å²) in [5, 5.41) is 15.5. The minimum atomic E-state index is -2.00. The van der Waals surface area contributed by atoms with Crippen LogP contribution < -0.4 is 23.4 Å². The number of allylic oxidation sites excluding steroid dienone is 1. The van der Waals surface area contributed by atoms with Gasteiger partial charge in [0.1, 0.15) is 11.6 Å². The molecule has 0 saturated carbocycles. The summed E-state index contributed by atoms with van der Waals surface area (Å²) in [6.07, 6.45) is 12.4. The van der Waals surface area contributed by atoms with E-state index in [9.17, 15) is 19.1 Å². The molecule has 3 aromatic carbocycles. The predicted molar refractivity (Wildman–Crippen MR) is 225 cm³/mol. The van der Waals surface area contributed by atoms with Gasteiger partial charge in [0.25, 0.3) is 0 Å². The Balaban J connectivity index is 1.32. The van der Waals surface area contributed by atoms with Crippen molar-refractivity contribution >= 4 is 46.2 Å². The first kappa shape index (κ1) is 41.4. The van der Waals surface area contributed by atoms with E-state index in [4.69, 9.17) is 19.0 Å². The molecular weight excluding hydrogens is 755 g/mol. The van der Waals surface area contributed by atoms with Crippen molar-refractivity contribution in [3.05, 3.63) is 102 Å². The number of imidazole rings is 1. The van der Waals surface area contributed by atoms with Gasteiger partial charge in [-0.05, 0) is 87.7 Å². The molecule has 2 amide bonds. The number of nitrogens with one attached hydrogen (secondary N) is 1. The van der Waals surface area contributed by atoms with Crippen molar-refractivity contribution in [2.45, 2.75) is 85.9 Å². The van der Waals surface area contributed by atoms with Crippen molar-refractivity contribution in [3.8, 4) is 29.0 Å². The highest BCUT2D eigenvalue weighted by atomic mass is 32.2. The van der Waals surface area contributed by atoms with E-state index in [2.05, 4.69) is 22.7 Å². The van der Waals surface area contributed by atoms with Gasteiger partial charge in [-0.15, -0.1) is 5.10 Å². The first-order chi connectivity index (χ1) is 28.1. The van der Waals surface area contributed by atoms with Gasteiger partial charge in [-0.1, -0.05) is 57.2 Å². The number of amides is 2. The van der Waals surface area contributed by atoms with Gasteiger partial charge in [-0.2, -0.15) is 14.2 Å². The van der Waals surface area contributed by atoms with E-state index in [0.717, 1.165) is 30.4 Å². The average Bonchev–Trinajstić information content (AvgIpc) is 3.95. The number of anilines is 3. The zero-order valence-electron chi connectivity index (χ0n) is 33.8. The molecule has 0 radical (unpaired) electrons. The fraction of sp³-hybridized carbons (Fsp3) is 0.349. The van der Waals surface area contributed by atoms with E-state index < -0.39 is 17.1 Å². The lowest BCUT2D eigenvalue weighted by Gasteiger charge is -2.42. The minimum Gasteiger partial charge on any atom is -0.490 e. The first-order valence-corrected chi connectivity index (χ1v) is 20.6. The molecule has 1 aliphatic rings. The molecule has 58 heavy (non-hydrogen) atoms. The number of rotatable bonds is 19. The Kier molecular flexibility index (Phi) is 13.1. The second kappa shape index (κ2) is 18.3. The fourth-order valence-corrected chi connectivity index (χ4v) is 7.92. The second-order valence-electron chi connectivity index (χ2n) is 14.2. The smallest absolute Gasteiger partial charge is 0.316 e. The lowest BCUT2D eigenvalue weighted by atomic mass is 10.0. The Morgan fingerprint density at radius 3 is 2.40 bits per heavy atom. The Morgan fingerprint density at radius 1 is 0.983 bits per heavy atom. The maximum absolute atomic E-state index is 13.9. The van der Waals surface area contributed by atoms with Crippen LogP contribution in [-0.2, 0) is 26.6 Å². The lowest BCUT2D eigenvalue weighted by molar-refractivity contribution is -0.118. The number of hydrogen-bond donors (Lipinski definition) is 1. The molecule has 2 atom stereocenters. The van der Waals surface area contributed by atoms with Gasteiger partial charge >= 0.3 is 11.3 Å². The normalized spacial score (nSPS) is 15.1. The number of ether oxygens (including phenoxy) is 1. The second-order valence-corrected chi connectivity index (χ2v) is 15.0. The Labute approximate surface area is 341 Å². The molecule has 2 unspecified atom stereocenters. The number of benzene rings is 3. The molecule has 15 heteroatoms. The van der Waals surface area contributed by atoms with Crippen LogP contribution in [-0.4, -0.2) is 54.0 Å². The van der Waals surface area contributed by atoms with Crippen molar-refractivity contribution in [3.63, 3.8) is 0 Å². The topological polar surface area (TPSA) is 160 Å². The van der Waals surface area contributed by atoms with Crippen molar-refractivity contribution in [2.24, 2.45) is 0 Å². The maximum atomic E-state index is 13.9. The van der Waals surface area contributed by atoms with Gasteiger partial charge in [-0.3, -0.25) is 23.8 Å². The van der Waals surface area contributed by atoms with Crippen LogP contribution in [0.25, 0.3) is 17.0 Å². The average molecular weight is 804 g/mol. The van der Waals surface area contributed by atoms with Crippen LogP contribution in [0.1, 0.15) is 83.2 Å². The number of carbonyl (C=O) groups excluding carboxylic acids is 2. The van der Waals surface area contributed by atoms with Crippen LogP contribution in [0.3, 0.4) is 0 Å². The summed E-state index contributed by atoms with van der Waals surface area (Å²) in [4.78, 5) is 37.8. The van der Waals surface area contributed by atoms with E-state index in [1.54, 1.807) is 76.2 Å². The highest BCUT2D eigenvalue weighted by molar-refractivity contribution is 7.82. The number of unbranched alkanes of at least 4 members (excludes halogenated alkanes) is 5. The van der Waals surface area contributed by atoms with Crippen LogP contribution in [0.15, 0.2) is 85.0 Å². The number of hydrogen-bond acceptors (Lipinski definition) is 9. The summed E-state index contributed by atoms with van der Waals surface area (Å²) in [7, 11) is 0. The standard InChI is InChI=1S/C43H49N9O5S/c1-7-9-10-11-12-13-24-56-39-21-14-30(3)25-40(39)57-58(55)48-38-26-34(16-15-31(38)4)41-46-42-37(27-44)32(5)43(52(42)47-41,50-23-22-45-28-50)51(33(6)54)36-19-17-35(18-20-36)49(8-2)29-53/h14-23,25-26,28-29,48H,7-13,24H2,1-6H3. The van der Waals surface area contributed by atoms with Gasteiger partial charge in [0.15, 0.2) is 23.1 Å². The van der Waals surface area contributed by atoms with Crippen LogP contribution in [0.2, 0.25) is 0 Å². The zero-order valence-corrected chi connectivity index (χ0v) is 34.6. The number of carbonyl (C=O) groups is 2. The van der Waals surface area contributed by atoms with E-state index in [0.29, 0.717) is 52.8 Å². The number of nitrogens with zero attached hydrogens (tertiary/aromatic N) is 8. The quantitative estimate of drug-likeness (QED) is 0.0643. The molecule has 302 valence electrons. The molecule has 6 rings (SSSR count). The third-order valence-corrected chi connectivity index (χ3v) is 10.9. The number of aromatic nitrogens is 5. The van der Waals surface area contributed by atoms with Crippen molar-refractivity contribution in [1.82, 2.24) is 24.3 Å². The highest BCUT2D eigenvalue weighted by Crippen LogP contribution is 2.46. The van der Waals surface area contributed by atoms with Crippen molar-refractivity contribution in [2.75, 3.05) is 27.7 Å². The molecule has 3 heterocycles. The Morgan fingerprint density at radius 2 is 1.72 bits per heavy atom. The van der Waals surface area contributed by atoms with Crippen molar-refractivity contribution < 1.29 is 22.7 Å². The molecule has 0 bridgehead atoms. The molecule has 1 aliphatic heterocycles. The predicted octanol–water partition coefficient (Wildman–Crippen LogP) is 8.07. The third kappa shape index (κ3) is 8.24. The van der Waals surface area contributed by atoms with Crippen molar-refractivity contribution in [1.29, 1.82) is 5.26 Å². The molecule has 5 aromatic rings. The van der Waals surface area contributed by atoms with Crippen LogP contribution in [0, 0.1) is 25.2 Å². The van der Waals surface area contributed by atoms with Crippen LogP contribution >= 0.6 is 0 Å². The monoisotopic (exact) mass is 803 g/mol. The molecule has 0 saturated heterocycles. The molecule has 1 N–H and O–H groups in total. The van der Waals surface area contributed by atoms with Gasteiger partial charge in [-0.25, -0.2) is 9.97 Å². The highest BCUT2D eigenvalue weighted by Gasteiger charge is 2.53. The molecule has 0 aliphatic carbocycles. The molecule has 14 nitrogen and oxygen atoms in total. The maximum Gasteiger partial charge on any atom is 0.316 e. The number of fused-ring (bicyclic) bond motifs is 1. The molecule has 2 aromatic heterocycles. The minimum absolute atomic E-state index is 0.237. The summed E-state index contributed by atoms with van der Waals surface area (Å²) in [6.45, 7) is 12.1. The van der Waals surface area contributed by atoms with E-state index >= 15 is 0 Å². The Bertz CT molecular complexity index is 2350. The molecule has 0 fully saturated rings. The number of nitriles is 1. The lowest BCUT2D eigenvalue weighted by Crippen LogP contribution is -2.58. The summed E-state index contributed by atoms with van der Waals surface area (Å²) < 4.78 is 31.7. The summed E-state index contributed by atoms with van der Waals surface area (Å²) in [6, 6.07) is 20.3. The van der Waals surface area contributed by atoms with Gasteiger partial charge in [0, 0.05) is 48.4 Å². The largest absolute Gasteiger partial charge is 0.490 e. The summed E-state index contributed by atoms with van der Waals surface area (Å²) in [5.74, 6) is -0.472. The Hall–Kier alpha value is -6.27. The zero-order chi connectivity index (χ0) is 41.4. The van der Waals surface area contributed by atoms with E-state index in [1.807, 2.05) is 45.0 Å². The van der Waals surface area contributed by atoms with E-state index in [1.165, 1.54) is 37.5 Å². The van der Waals surface area contributed by atoms with Gasteiger partial charge in [0.2, 0.25) is 18.1 Å². The van der Waals surface area contributed by atoms with Crippen LogP contribution in [0.5, 0.6) is 11.5 Å². The van der Waals surface area contributed by atoms with Gasteiger partial charge in [0.05, 0.1) is 18.6 Å². The summed E-state index contributed by atoms with van der Waals surface area (Å²) >= 11 is -2.00. The summed E-state index contributed by atoms with van der Waals surface area (Å²) in [5.41, 5.74) is 4.69. The fourth-order valence-electron chi connectivity index (χ4n) is 7.19. The van der Waals surface area contributed by atoms with Crippen LogP contribution in [0.4, 0.5) is 17.1 Å². The van der Waals surface area contributed by atoms with E-state index in [-0.39, 0.29) is 23.1 Å². The number of aryl methyl sites for hydroxylation is 2.